The number of halogens is 1. The molecule has 92 valence electrons. The number of nitrogens with one attached hydrogen (secondary N) is 1. The molecule has 0 aliphatic rings. The molecule has 6 heteroatoms. The molecule has 1 amide bonds. The lowest BCUT2D eigenvalue weighted by Gasteiger charge is -2.05. The van der Waals surface area contributed by atoms with E-state index in [-0.39, 0.29) is 11.5 Å². The topological polar surface area (TPSA) is 67.8 Å². The van der Waals surface area contributed by atoms with Gasteiger partial charge in [0.2, 0.25) is 11.9 Å². The molecule has 2 heterocycles. The van der Waals surface area contributed by atoms with Crippen LogP contribution in [0.4, 0.5) is 10.3 Å². The molecule has 2 aromatic heterocycles. The molecule has 2 rings (SSSR count). The van der Waals surface area contributed by atoms with Crippen molar-refractivity contribution in [1.29, 1.82) is 0 Å². The minimum absolute atomic E-state index is 0.172. The lowest BCUT2D eigenvalue weighted by Crippen LogP contribution is -2.15. The standard InChI is InChI=1S/C12H11FN4O/c1-7-5-8(2)16-12(15-7)17-11(18)9-3-4-14-10(13)6-9/h3-6H,1-2H3,(H,15,16,17,18). The van der Waals surface area contributed by atoms with Gasteiger partial charge in [-0.2, -0.15) is 4.39 Å². The van der Waals surface area contributed by atoms with Gasteiger partial charge in [-0.05, 0) is 26.0 Å². The Morgan fingerprint density at radius 1 is 1.22 bits per heavy atom. The average molecular weight is 246 g/mol. The number of carbonyl (C=O) groups is 1. The van der Waals surface area contributed by atoms with E-state index in [1.807, 2.05) is 0 Å². The molecule has 0 bridgehead atoms. The van der Waals surface area contributed by atoms with E-state index in [1.54, 1.807) is 19.9 Å². The minimum atomic E-state index is -0.705. The molecule has 18 heavy (non-hydrogen) atoms. The summed E-state index contributed by atoms with van der Waals surface area (Å²) in [7, 11) is 0. The first-order valence-corrected chi connectivity index (χ1v) is 5.30. The smallest absolute Gasteiger partial charge is 0.258 e. The first kappa shape index (κ1) is 12.1. The maximum atomic E-state index is 12.9. The van der Waals surface area contributed by atoms with Gasteiger partial charge < -0.3 is 0 Å². The molecular formula is C12H11FN4O. The Kier molecular flexibility index (Phi) is 3.27. The zero-order valence-electron chi connectivity index (χ0n) is 9.94. The number of rotatable bonds is 2. The van der Waals surface area contributed by atoms with E-state index in [0.29, 0.717) is 0 Å². The van der Waals surface area contributed by atoms with Crippen LogP contribution in [0.3, 0.4) is 0 Å². The zero-order valence-corrected chi connectivity index (χ0v) is 9.94. The van der Waals surface area contributed by atoms with Crippen molar-refractivity contribution in [3.05, 3.63) is 47.3 Å². The number of hydrogen-bond donors (Lipinski definition) is 1. The van der Waals surface area contributed by atoms with Crippen LogP contribution in [0.2, 0.25) is 0 Å². The van der Waals surface area contributed by atoms with Crippen LogP contribution in [0.1, 0.15) is 21.7 Å². The Morgan fingerprint density at radius 3 is 2.50 bits per heavy atom. The highest BCUT2D eigenvalue weighted by Crippen LogP contribution is 2.07. The predicted octanol–water partition coefficient (Wildman–Crippen LogP) is 1.88. The highest BCUT2D eigenvalue weighted by Gasteiger charge is 2.09. The van der Waals surface area contributed by atoms with E-state index in [4.69, 9.17) is 0 Å². The summed E-state index contributed by atoms with van der Waals surface area (Å²) in [5.41, 5.74) is 1.67. The van der Waals surface area contributed by atoms with Crippen molar-refractivity contribution < 1.29 is 9.18 Å². The monoisotopic (exact) mass is 246 g/mol. The molecule has 0 aromatic carbocycles. The quantitative estimate of drug-likeness (QED) is 0.821. The van der Waals surface area contributed by atoms with Gasteiger partial charge in [0.25, 0.3) is 5.91 Å². The lowest BCUT2D eigenvalue weighted by atomic mass is 10.2. The number of anilines is 1. The highest BCUT2D eigenvalue weighted by atomic mass is 19.1. The SMILES string of the molecule is Cc1cc(C)nc(NC(=O)c2ccnc(F)c2)n1. The third kappa shape index (κ3) is 2.85. The predicted molar refractivity (Wildman–Crippen MR) is 63.7 cm³/mol. The summed E-state index contributed by atoms with van der Waals surface area (Å²) in [4.78, 5) is 23.3. The zero-order chi connectivity index (χ0) is 13.1. The van der Waals surface area contributed by atoms with Gasteiger partial charge in [0.1, 0.15) is 0 Å². The van der Waals surface area contributed by atoms with Gasteiger partial charge in [-0.3, -0.25) is 10.1 Å². The first-order chi connectivity index (χ1) is 8.54. The van der Waals surface area contributed by atoms with Crippen molar-refractivity contribution in [1.82, 2.24) is 15.0 Å². The fourth-order valence-electron chi connectivity index (χ4n) is 1.50. The molecule has 0 aliphatic carbocycles. The Balaban J connectivity index is 2.21. The van der Waals surface area contributed by atoms with E-state index < -0.39 is 11.9 Å². The number of amides is 1. The normalized spacial score (nSPS) is 10.2. The third-order valence-corrected chi connectivity index (χ3v) is 2.20. The summed E-state index contributed by atoms with van der Waals surface area (Å²) in [5.74, 6) is -0.972. The molecule has 2 aromatic rings. The summed E-state index contributed by atoms with van der Waals surface area (Å²) in [6, 6.07) is 4.26. The molecule has 0 saturated heterocycles. The van der Waals surface area contributed by atoms with E-state index in [9.17, 15) is 9.18 Å². The second kappa shape index (κ2) is 4.87. The number of pyridine rings is 1. The van der Waals surface area contributed by atoms with Crippen LogP contribution in [0.25, 0.3) is 0 Å². The molecule has 1 N–H and O–H groups in total. The Labute approximate surface area is 103 Å². The van der Waals surface area contributed by atoms with Crippen LogP contribution < -0.4 is 5.32 Å². The molecule has 0 saturated carbocycles. The maximum Gasteiger partial charge on any atom is 0.258 e. The van der Waals surface area contributed by atoms with Crippen molar-refractivity contribution in [2.24, 2.45) is 0 Å². The van der Waals surface area contributed by atoms with Gasteiger partial charge in [-0.25, -0.2) is 15.0 Å². The summed E-state index contributed by atoms with van der Waals surface area (Å²) in [6.45, 7) is 3.60. The molecule has 0 radical (unpaired) electrons. The first-order valence-electron chi connectivity index (χ1n) is 5.30. The molecule has 0 unspecified atom stereocenters. The van der Waals surface area contributed by atoms with Crippen molar-refractivity contribution in [2.75, 3.05) is 5.32 Å². The lowest BCUT2D eigenvalue weighted by molar-refractivity contribution is 0.102. The van der Waals surface area contributed by atoms with Crippen LogP contribution in [0, 0.1) is 19.8 Å². The second-order valence-electron chi connectivity index (χ2n) is 3.80. The summed E-state index contributed by atoms with van der Waals surface area (Å²) < 4.78 is 12.9. The van der Waals surface area contributed by atoms with Gasteiger partial charge in [0.15, 0.2) is 0 Å². The Bertz CT molecular complexity index is 580. The number of aromatic nitrogens is 3. The summed E-state index contributed by atoms with van der Waals surface area (Å²) >= 11 is 0. The average Bonchev–Trinajstić information content (AvgIpc) is 2.27. The minimum Gasteiger partial charge on any atom is -0.290 e. The van der Waals surface area contributed by atoms with E-state index in [2.05, 4.69) is 20.3 Å². The summed E-state index contributed by atoms with van der Waals surface area (Å²) in [6.07, 6.45) is 1.23. The fourth-order valence-corrected chi connectivity index (χ4v) is 1.50. The molecule has 0 spiro atoms. The van der Waals surface area contributed by atoms with Crippen molar-refractivity contribution in [3.8, 4) is 0 Å². The van der Waals surface area contributed by atoms with Crippen LogP contribution in [0.15, 0.2) is 24.4 Å². The van der Waals surface area contributed by atoms with Gasteiger partial charge in [-0.15, -0.1) is 0 Å². The molecule has 0 fully saturated rings. The van der Waals surface area contributed by atoms with Crippen LogP contribution in [-0.4, -0.2) is 20.9 Å². The van der Waals surface area contributed by atoms with Gasteiger partial charge in [0.05, 0.1) is 0 Å². The molecular weight excluding hydrogens is 235 g/mol. The van der Waals surface area contributed by atoms with Crippen molar-refractivity contribution in [3.63, 3.8) is 0 Å². The number of carbonyl (C=O) groups excluding carboxylic acids is 1. The Morgan fingerprint density at radius 2 is 1.89 bits per heavy atom. The third-order valence-electron chi connectivity index (χ3n) is 2.20. The van der Waals surface area contributed by atoms with Crippen LogP contribution in [-0.2, 0) is 0 Å². The van der Waals surface area contributed by atoms with Crippen LogP contribution in [0.5, 0.6) is 0 Å². The number of aryl methyl sites for hydroxylation is 2. The van der Waals surface area contributed by atoms with E-state index in [1.165, 1.54) is 12.3 Å². The molecule has 0 atom stereocenters. The largest absolute Gasteiger partial charge is 0.290 e. The van der Waals surface area contributed by atoms with Gasteiger partial charge in [0, 0.05) is 29.2 Å². The maximum absolute atomic E-state index is 12.9. The number of nitrogens with zero attached hydrogens (tertiary/aromatic N) is 3. The molecule has 0 aliphatic heterocycles. The van der Waals surface area contributed by atoms with Crippen LogP contribution >= 0.6 is 0 Å². The Hall–Kier alpha value is -2.37. The van der Waals surface area contributed by atoms with Gasteiger partial charge >= 0.3 is 0 Å². The van der Waals surface area contributed by atoms with E-state index in [0.717, 1.165) is 17.5 Å². The second-order valence-corrected chi connectivity index (χ2v) is 3.80. The molecule has 5 nitrogen and oxygen atoms in total. The van der Waals surface area contributed by atoms with E-state index >= 15 is 0 Å². The highest BCUT2D eigenvalue weighted by molar-refractivity contribution is 6.03. The fraction of sp³-hybridized carbons (Fsp3) is 0.167. The van der Waals surface area contributed by atoms with Crippen molar-refractivity contribution in [2.45, 2.75) is 13.8 Å². The van der Waals surface area contributed by atoms with Crippen molar-refractivity contribution >= 4 is 11.9 Å². The van der Waals surface area contributed by atoms with Gasteiger partial charge in [-0.1, -0.05) is 0 Å². The summed E-state index contributed by atoms with van der Waals surface area (Å²) in [5, 5.41) is 2.51. The number of hydrogen-bond acceptors (Lipinski definition) is 4.